The molecule has 1 aromatic carbocycles. The van der Waals surface area contributed by atoms with Crippen molar-refractivity contribution in [1.82, 2.24) is 10.6 Å². The van der Waals surface area contributed by atoms with Crippen LogP contribution in [-0.2, 0) is 0 Å². The lowest BCUT2D eigenvalue weighted by Crippen LogP contribution is -2.47. The first-order valence-corrected chi connectivity index (χ1v) is 6.66. The highest BCUT2D eigenvalue weighted by Gasteiger charge is 2.30. The Balaban J connectivity index is 2.17. The first kappa shape index (κ1) is 12.9. The van der Waals surface area contributed by atoms with Crippen LogP contribution in [0.2, 0.25) is 5.02 Å². The molecule has 17 heavy (non-hydrogen) atoms. The summed E-state index contributed by atoms with van der Waals surface area (Å²) >= 11 is 9.36. The summed E-state index contributed by atoms with van der Waals surface area (Å²) in [7, 11) is 0. The van der Waals surface area contributed by atoms with Crippen LogP contribution in [0.1, 0.15) is 23.7 Å². The van der Waals surface area contributed by atoms with Gasteiger partial charge >= 0.3 is 0 Å². The second kappa shape index (κ2) is 4.96. The zero-order valence-electron chi connectivity index (χ0n) is 9.52. The zero-order chi connectivity index (χ0) is 12.5. The Morgan fingerprint density at radius 1 is 1.59 bits per heavy atom. The molecule has 1 atom stereocenters. The van der Waals surface area contributed by atoms with E-state index >= 15 is 0 Å². The molecule has 1 heterocycles. The van der Waals surface area contributed by atoms with Gasteiger partial charge in [-0.2, -0.15) is 0 Å². The minimum atomic E-state index is -0.178. The highest BCUT2D eigenvalue weighted by Crippen LogP contribution is 2.22. The third-order valence-electron chi connectivity index (χ3n) is 2.96. The van der Waals surface area contributed by atoms with Gasteiger partial charge in [-0.05, 0) is 38.1 Å². The normalized spacial score (nSPS) is 23.7. The Labute approximate surface area is 114 Å². The van der Waals surface area contributed by atoms with Gasteiger partial charge in [0.25, 0.3) is 5.91 Å². The lowest BCUT2D eigenvalue weighted by atomic mass is 10.0. The maximum absolute atomic E-state index is 12.1. The molecule has 1 unspecified atom stereocenters. The van der Waals surface area contributed by atoms with Crippen LogP contribution in [0.3, 0.4) is 0 Å². The second-order valence-electron chi connectivity index (χ2n) is 4.57. The largest absolute Gasteiger partial charge is 0.346 e. The van der Waals surface area contributed by atoms with E-state index in [1.807, 2.05) is 13.0 Å². The molecule has 92 valence electrons. The number of hydrogen-bond acceptors (Lipinski definition) is 2. The summed E-state index contributed by atoms with van der Waals surface area (Å²) in [6.45, 7) is 3.77. The molecule has 2 N–H and O–H groups in total. The lowest BCUT2D eigenvalue weighted by Gasteiger charge is -2.24. The van der Waals surface area contributed by atoms with E-state index in [0.717, 1.165) is 24.0 Å². The van der Waals surface area contributed by atoms with Crippen LogP contribution in [-0.4, -0.2) is 24.5 Å². The van der Waals surface area contributed by atoms with E-state index in [-0.39, 0.29) is 11.4 Å². The van der Waals surface area contributed by atoms with Crippen molar-refractivity contribution in [2.45, 2.75) is 18.9 Å². The Morgan fingerprint density at radius 3 is 3.00 bits per heavy atom. The van der Waals surface area contributed by atoms with E-state index in [2.05, 4.69) is 26.6 Å². The summed E-state index contributed by atoms with van der Waals surface area (Å²) in [5.74, 6) is -0.123. The van der Waals surface area contributed by atoms with Crippen LogP contribution < -0.4 is 10.6 Å². The van der Waals surface area contributed by atoms with Crippen LogP contribution in [0.4, 0.5) is 0 Å². The number of benzene rings is 1. The molecule has 1 aromatic rings. The standard InChI is InChI=1S/C12H14BrClN2O/c1-12(4-5-15-7-12)16-11(17)9-6-8(13)2-3-10(9)14/h2-3,6,15H,4-5,7H2,1H3,(H,16,17). The smallest absolute Gasteiger partial charge is 0.253 e. The molecule has 0 bridgehead atoms. The topological polar surface area (TPSA) is 41.1 Å². The minimum Gasteiger partial charge on any atom is -0.346 e. The van der Waals surface area contributed by atoms with Gasteiger partial charge in [0.2, 0.25) is 0 Å². The molecule has 1 aliphatic heterocycles. The van der Waals surface area contributed by atoms with Gasteiger partial charge in [0.1, 0.15) is 0 Å². The number of hydrogen-bond donors (Lipinski definition) is 2. The molecule has 0 aliphatic carbocycles. The van der Waals surface area contributed by atoms with E-state index in [0.29, 0.717) is 10.6 Å². The van der Waals surface area contributed by atoms with E-state index in [4.69, 9.17) is 11.6 Å². The number of nitrogens with one attached hydrogen (secondary N) is 2. The third kappa shape index (κ3) is 3.00. The van der Waals surface area contributed by atoms with Crippen molar-refractivity contribution in [2.24, 2.45) is 0 Å². The van der Waals surface area contributed by atoms with Gasteiger partial charge in [0.05, 0.1) is 16.1 Å². The van der Waals surface area contributed by atoms with Crippen molar-refractivity contribution in [3.05, 3.63) is 33.3 Å². The molecule has 0 spiro atoms. The minimum absolute atomic E-state index is 0.123. The van der Waals surface area contributed by atoms with Crippen molar-refractivity contribution in [2.75, 3.05) is 13.1 Å². The molecular weight excluding hydrogens is 304 g/mol. The fraction of sp³-hybridized carbons (Fsp3) is 0.417. The first-order chi connectivity index (χ1) is 8.00. The van der Waals surface area contributed by atoms with Crippen molar-refractivity contribution in [3.8, 4) is 0 Å². The van der Waals surface area contributed by atoms with E-state index < -0.39 is 0 Å². The molecule has 0 radical (unpaired) electrons. The first-order valence-electron chi connectivity index (χ1n) is 5.48. The van der Waals surface area contributed by atoms with E-state index in [9.17, 15) is 4.79 Å². The molecular formula is C12H14BrClN2O. The molecule has 2 rings (SSSR count). The van der Waals surface area contributed by atoms with Crippen LogP contribution in [0, 0.1) is 0 Å². The summed E-state index contributed by atoms with van der Waals surface area (Å²) in [4.78, 5) is 12.1. The van der Waals surface area contributed by atoms with Crippen molar-refractivity contribution in [1.29, 1.82) is 0 Å². The van der Waals surface area contributed by atoms with Gasteiger partial charge in [-0.25, -0.2) is 0 Å². The monoisotopic (exact) mass is 316 g/mol. The molecule has 3 nitrogen and oxygen atoms in total. The number of amides is 1. The Kier molecular flexibility index (Phi) is 3.76. The number of carbonyl (C=O) groups is 1. The maximum atomic E-state index is 12.1. The summed E-state index contributed by atoms with van der Waals surface area (Å²) in [5, 5.41) is 6.74. The van der Waals surface area contributed by atoms with Crippen LogP contribution in [0.25, 0.3) is 0 Å². The average Bonchev–Trinajstić information content (AvgIpc) is 2.68. The van der Waals surface area contributed by atoms with Crippen molar-refractivity contribution < 1.29 is 4.79 Å². The predicted octanol–water partition coefficient (Wildman–Crippen LogP) is 2.58. The Morgan fingerprint density at radius 2 is 2.35 bits per heavy atom. The van der Waals surface area contributed by atoms with Gasteiger partial charge in [0, 0.05) is 11.0 Å². The van der Waals surface area contributed by atoms with Gasteiger partial charge in [-0.1, -0.05) is 27.5 Å². The quantitative estimate of drug-likeness (QED) is 0.880. The van der Waals surface area contributed by atoms with Gasteiger partial charge in [-0.3, -0.25) is 4.79 Å². The van der Waals surface area contributed by atoms with Crippen molar-refractivity contribution in [3.63, 3.8) is 0 Å². The van der Waals surface area contributed by atoms with Crippen LogP contribution >= 0.6 is 27.5 Å². The number of carbonyl (C=O) groups excluding carboxylic acids is 1. The molecule has 1 aliphatic rings. The summed E-state index contributed by atoms with van der Waals surface area (Å²) in [6, 6.07) is 5.27. The molecule has 0 aromatic heterocycles. The number of halogens is 2. The SMILES string of the molecule is CC1(NC(=O)c2cc(Br)ccc2Cl)CCNC1. The van der Waals surface area contributed by atoms with Crippen molar-refractivity contribution >= 4 is 33.4 Å². The molecule has 1 amide bonds. The third-order valence-corrected chi connectivity index (χ3v) is 3.78. The summed E-state index contributed by atoms with van der Waals surface area (Å²) in [5.41, 5.74) is 0.331. The number of rotatable bonds is 2. The molecule has 5 heteroatoms. The van der Waals surface area contributed by atoms with Gasteiger partial charge < -0.3 is 10.6 Å². The van der Waals surface area contributed by atoms with E-state index in [1.165, 1.54) is 0 Å². The summed E-state index contributed by atoms with van der Waals surface area (Å²) < 4.78 is 0.849. The Hall–Kier alpha value is -0.580. The fourth-order valence-electron chi connectivity index (χ4n) is 1.94. The molecule has 0 saturated carbocycles. The fourth-order valence-corrected chi connectivity index (χ4v) is 2.50. The predicted molar refractivity (Wildman–Crippen MR) is 72.5 cm³/mol. The maximum Gasteiger partial charge on any atom is 0.253 e. The molecule has 1 fully saturated rings. The Bertz CT molecular complexity index is 444. The van der Waals surface area contributed by atoms with Gasteiger partial charge in [0.15, 0.2) is 0 Å². The van der Waals surface area contributed by atoms with Gasteiger partial charge in [-0.15, -0.1) is 0 Å². The van der Waals surface area contributed by atoms with E-state index in [1.54, 1.807) is 12.1 Å². The van der Waals surface area contributed by atoms with Crippen LogP contribution in [0.5, 0.6) is 0 Å². The van der Waals surface area contributed by atoms with Crippen LogP contribution in [0.15, 0.2) is 22.7 Å². The average molecular weight is 318 g/mol. The lowest BCUT2D eigenvalue weighted by molar-refractivity contribution is 0.0913. The molecule has 1 saturated heterocycles. The summed E-state index contributed by atoms with van der Waals surface area (Å²) in [6.07, 6.45) is 0.935. The zero-order valence-corrected chi connectivity index (χ0v) is 11.9. The highest BCUT2D eigenvalue weighted by molar-refractivity contribution is 9.10. The highest BCUT2D eigenvalue weighted by atomic mass is 79.9. The second-order valence-corrected chi connectivity index (χ2v) is 5.89.